The number of fused-ring (bicyclic) bond motifs is 1. The molecule has 20 heavy (non-hydrogen) atoms. The smallest absolute Gasteiger partial charge is 0.161 e. The van der Waals surface area contributed by atoms with Gasteiger partial charge in [-0.2, -0.15) is 0 Å². The lowest BCUT2D eigenvalue weighted by atomic mass is 10.2. The maximum absolute atomic E-state index is 5.89. The Bertz CT molecular complexity index is 571. The third kappa shape index (κ3) is 3.32. The zero-order valence-corrected chi connectivity index (χ0v) is 12.6. The number of hydrogen-bond acceptors (Lipinski definition) is 3. The topological polar surface area (TPSA) is 30.5 Å². The van der Waals surface area contributed by atoms with Crippen LogP contribution in [0, 0.1) is 0 Å². The van der Waals surface area contributed by atoms with Crippen molar-refractivity contribution in [2.75, 3.05) is 13.2 Å². The quantitative estimate of drug-likeness (QED) is 0.930. The lowest BCUT2D eigenvalue weighted by Crippen LogP contribution is -2.38. The van der Waals surface area contributed by atoms with Gasteiger partial charge in [0.1, 0.15) is 12.7 Å². The predicted octanol–water partition coefficient (Wildman–Crippen LogP) is 3.38. The molecule has 0 spiro atoms. The Labute approximate surface area is 127 Å². The molecule has 0 saturated carbocycles. The van der Waals surface area contributed by atoms with Gasteiger partial charge in [-0.25, -0.2) is 0 Å². The van der Waals surface area contributed by atoms with E-state index in [4.69, 9.17) is 9.47 Å². The van der Waals surface area contributed by atoms with Gasteiger partial charge in [-0.1, -0.05) is 40.2 Å². The summed E-state index contributed by atoms with van der Waals surface area (Å²) < 4.78 is 12.7. The second kappa shape index (κ2) is 6.29. The maximum Gasteiger partial charge on any atom is 0.161 e. The number of benzene rings is 2. The van der Waals surface area contributed by atoms with Crippen LogP contribution < -0.4 is 14.8 Å². The van der Waals surface area contributed by atoms with Gasteiger partial charge in [-0.15, -0.1) is 0 Å². The van der Waals surface area contributed by atoms with Crippen LogP contribution in [-0.4, -0.2) is 19.3 Å². The van der Waals surface area contributed by atoms with Gasteiger partial charge in [-0.05, 0) is 29.8 Å². The van der Waals surface area contributed by atoms with Gasteiger partial charge >= 0.3 is 0 Å². The molecule has 104 valence electrons. The van der Waals surface area contributed by atoms with Crippen LogP contribution in [0.15, 0.2) is 53.0 Å². The van der Waals surface area contributed by atoms with Crippen LogP contribution in [0.1, 0.15) is 5.56 Å². The molecule has 1 unspecified atom stereocenters. The minimum Gasteiger partial charge on any atom is -0.486 e. The van der Waals surface area contributed by atoms with Gasteiger partial charge in [-0.3, -0.25) is 0 Å². The van der Waals surface area contributed by atoms with Crippen LogP contribution in [-0.2, 0) is 6.54 Å². The monoisotopic (exact) mass is 333 g/mol. The molecular formula is C16H16BrNO2. The van der Waals surface area contributed by atoms with E-state index in [9.17, 15) is 0 Å². The van der Waals surface area contributed by atoms with E-state index in [0.29, 0.717) is 6.61 Å². The molecular weight excluding hydrogens is 318 g/mol. The summed E-state index contributed by atoms with van der Waals surface area (Å²) in [5.74, 6) is 1.66. The minimum atomic E-state index is 0.0559. The van der Waals surface area contributed by atoms with E-state index < -0.39 is 0 Å². The predicted molar refractivity (Wildman–Crippen MR) is 82.2 cm³/mol. The molecule has 0 saturated heterocycles. The van der Waals surface area contributed by atoms with Crippen LogP contribution in [0.4, 0.5) is 0 Å². The highest BCUT2D eigenvalue weighted by molar-refractivity contribution is 9.10. The van der Waals surface area contributed by atoms with Gasteiger partial charge in [0.15, 0.2) is 11.5 Å². The Morgan fingerprint density at radius 2 is 1.80 bits per heavy atom. The minimum absolute atomic E-state index is 0.0559. The molecule has 3 nitrogen and oxygen atoms in total. The van der Waals surface area contributed by atoms with Crippen LogP contribution >= 0.6 is 15.9 Å². The van der Waals surface area contributed by atoms with Crippen molar-refractivity contribution in [3.63, 3.8) is 0 Å². The third-order valence-corrected chi connectivity index (χ3v) is 3.71. The van der Waals surface area contributed by atoms with Crippen molar-refractivity contribution in [3.8, 4) is 11.5 Å². The lowest BCUT2D eigenvalue weighted by molar-refractivity contribution is 0.0902. The van der Waals surface area contributed by atoms with Crippen LogP contribution in [0.3, 0.4) is 0 Å². The number of hydrogen-bond donors (Lipinski definition) is 1. The fourth-order valence-corrected chi connectivity index (χ4v) is 2.41. The lowest BCUT2D eigenvalue weighted by Gasteiger charge is -2.26. The van der Waals surface area contributed by atoms with Crippen molar-refractivity contribution in [1.29, 1.82) is 0 Å². The normalized spacial score (nSPS) is 16.9. The summed E-state index contributed by atoms with van der Waals surface area (Å²) in [4.78, 5) is 0. The Morgan fingerprint density at radius 3 is 2.60 bits per heavy atom. The number of nitrogens with one attached hydrogen (secondary N) is 1. The molecule has 3 rings (SSSR count). The molecule has 1 aliphatic rings. The molecule has 2 aromatic carbocycles. The van der Waals surface area contributed by atoms with E-state index in [1.807, 2.05) is 36.4 Å². The molecule has 1 aliphatic heterocycles. The molecule has 0 fully saturated rings. The van der Waals surface area contributed by atoms with Crippen molar-refractivity contribution >= 4 is 15.9 Å². The zero-order chi connectivity index (χ0) is 13.8. The molecule has 4 heteroatoms. The molecule has 1 atom stereocenters. The van der Waals surface area contributed by atoms with Gasteiger partial charge in [0, 0.05) is 17.6 Å². The second-order valence-corrected chi connectivity index (χ2v) is 5.67. The first kappa shape index (κ1) is 13.5. The van der Waals surface area contributed by atoms with Gasteiger partial charge in [0.05, 0.1) is 0 Å². The van der Waals surface area contributed by atoms with E-state index in [1.54, 1.807) is 0 Å². The Kier molecular flexibility index (Phi) is 4.23. The van der Waals surface area contributed by atoms with E-state index in [1.165, 1.54) is 5.56 Å². The van der Waals surface area contributed by atoms with E-state index in [-0.39, 0.29) is 6.10 Å². The first-order valence-corrected chi connectivity index (χ1v) is 7.44. The van der Waals surface area contributed by atoms with Crippen LogP contribution in [0.2, 0.25) is 0 Å². The van der Waals surface area contributed by atoms with Crippen molar-refractivity contribution in [1.82, 2.24) is 5.32 Å². The fraction of sp³-hybridized carbons (Fsp3) is 0.250. The standard InChI is InChI=1S/C16H16BrNO2/c17-13-7-5-12(6-8-13)9-18-10-14-11-19-15-3-1-2-4-16(15)20-14/h1-8,14,18H,9-11H2. The molecule has 0 radical (unpaired) electrons. The van der Waals surface area contributed by atoms with Crippen molar-refractivity contribution in [3.05, 3.63) is 58.6 Å². The summed E-state index contributed by atoms with van der Waals surface area (Å²) in [5, 5.41) is 3.40. The molecule has 0 aliphatic carbocycles. The molecule has 1 N–H and O–H groups in total. The average molecular weight is 334 g/mol. The van der Waals surface area contributed by atoms with Crippen molar-refractivity contribution in [2.45, 2.75) is 12.6 Å². The Balaban J connectivity index is 1.49. The summed E-state index contributed by atoms with van der Waals surface area (Å²) in [6, 6.07) is 16.1. The summed E-state index contributed by atoms with van der Waals surface area (Å²) in [6.07, 6.45) is 0.0559. The molecule has 1 heterocycles. The van der Waals surface area contributed by atoms with Crippen LogP contribution in [0.25, 0.3) is 0 Å². The molecule has 0 amide bonds. The second-order valence-electron chi connectivity index (χ2n) is 4.75. The highest BCUT2D eigenvalue weighted by atomic mass is 79.9. The largest absolute Gasteiger partial charge is 0.486 e. The first-order valence-electron chi connectivity index (χ1n) is 6.65. The fourth-order valence-electron chi connectivity index (χ4n) is 2.14. The zero-order valence-electron chi connectivity index (χ0n) is 11.0. The number of ether oxygens (including phenoxy) is 2. The van der Waals surface area contributed by atoms with Crippen LogP contribution in [0.5, 0.6) is 11.5 Å². The Hall–Kier alpha value is -1.52. The molecule has 2 aromatic rings. The van der Waals surface area contributed by atoms with Gasteiger partial charge in [0.2, 0.25) is 0 Å². The first-order chi connectivity index (χ1) is 9.81. The maximum atomic E-state index is 5.89. The Morgan fingerprint density at radius 1 is 1.05 bits per heavy atom. The van der Waals surface area contributed by atoms with E-state index in [0.717, 1.165) is 29.1 Å². The number of para-hydroxylation sites is 2. The van der Waals surface area contributed by atoms with E-state index in [2.05, 4.69) is 33.4 Å². The molecule has 0 aromatic heterocycles. The molecule has 0 bridgehead atoms. The number of halogens is 1. The van der Waals surface area contributed by atoms with Crippen molar-refractivity contribution < 1.29 is 9.47 Å². The van der Waals surface area contributed by atoms with Gasteiger partial charge < -0.3 is 14.8 Å². The summed E-state index contributed by atoms with van der Waals surface area (Å²) in [6.45, 7) is 2.18. The third-order valence-electron chi connectivity index (χ3n) is 3.18. The average Bonchev–Trinajstić information content (AvgIpc) is 2.49. The summed E-state index contributed by atoms with van der Waals surface area (Å²) in [7, 11) is 0. The highest BCUT2D eigenvalue weighted by Crippen LogP contribution is 2.30. The number of rotatable bonds is 4. The van der Waals surface area contributed by atoms with Crippen molar-refractivity contribution in [2.24, 2.45) is 0 Å². The van der Waals surface area contributed by atoms with Gasteiger partial charge in [0.25, 0.3) is 0 Å². The van der Waals surface area contributed by atoms with E-state index >= 15 is 0 Å². The SMILES string of the molecule is Brc1ccc(CNCC2COc3ccccc3O2)cc1. The summed E-state index contributed by atoms with van der Waals surface area (Å²) in [5.41, 5.74) is 1.25. The summed E-state index contributed by atoms with van der Waals surface area (Å²) >= 11 is 3.43. The highest BCUT2D eigenvalue weighted by Gasteiger charge is 2.19.